The monoisotopic (exact) mass is 377 g/mol. The molecular weight excluding hydrogens is 353 g/mol. The summed E-state index contributed by atoms with van der Waals surface area (Å²) in [6, 6.07) is 10.3. The summed E-state index contributed by atoms with van der Waals surface area (Å²) < 4.78 is 13.5. The molecule has 2 aromatic heterocycles. The maximum absolute atomic E-state index is 13.5. The summed E-state index contributed by atoms with van der Waals surface area (Å²) in [7, 11) is 2.13. The van der Waals surface area contributed by atoms with E-state index in [-0.39, 0.29) is 11.6 Å². The Morgan fingerprint density at radius 1 is 1.07 bits per heavy atom. The second-order valence-corrected chi connectivity index (χ2v) is 7.54. The Balaban J connectivity index is 1.92. The summed E-state index contributed by atoms with van der Waals surface area (Å²) in [6.45, 7) is 3.65. The normalized spacial score (nSPS) is 15.7. The third kappa shape index (κ3) is 3.50. The Hall–Kier alpha value is -2.79. The first-order valence-electron chi connectivity index (χ1n) is 9.66. The molecule has 0 bridgehead atoms. The van der Waals surface area contributed by atoms with Crippen LogP contribution in [0.5, 0.6) is 0 Å². The molecule has 1 saturated heterocycles. The smallest absolute Gasteiger partial charge is 0.162 e. The van der Waals surface area contributed by atoms with Gasteiger partial charge in [0.1, 0.15) is 5.82 Å². The highest BCUT2D eigenvalue weighted by molar-refractivity contribution is 6.06. The van der Waals surface area contributed by atoms with Crippen LogP contribution in [0.15, 0.2) is 48.8 Å². The second kappa shape index (κ2) is 7.68. The fourth-order valence-electron chi connectivity index (χ4n) is 4.13. The first-order valence-corrected chi connectivity index (χ1v) is 9.66. The van der Waals surface area contributed by atoms with Gasteiger partial charge in [0.15, 0.2) is 5.78 Å². The number of Topliss-reactive ketones (excluding diaryl/α,β-unsaturated/α-hetero) is 1. The number of ketones is 1. The zero-order valence-electron chi connectivity index (χ0n) is 16.2. The first kappa shape index (κ1) is 18.6. The summed E-state index contributed by atoms with van der Waals surface area (Å²) in [6.07, 6.45) is 5.48. The predicted molar refractivity (Wildman–Crippen MR) is 109 cm³/mol. The van der Waals surface area contributed by atoms with Gasteiger partial charge in [-0.05, 0) is 87.4 Å². The molecule has 0 amide bonds. The van der Waals surface area contributed by atoms with Crippen molar-refractivity contribution in [1.82, 2.24) is 14.9 Å². The van der Waals surface area contributed by atoms with E-state index < -0.39 is 0 Å². The van der Waals surface area contributed by atoms with Crippen molar-refractivity contribution in [3.8, 4) is 22.4 Å². The average Bonchev–Trinajstić information content (AvgIpc) is 3.11. The average molecular weight is 377 g/mol. The number of nitrogens with one attached hydrogen (secondary N) is 1. The van der Waals surface area contributed by atoms with Gasteiger partial charge in [0.25, 0.3) is 0 Å². The van der Waals surface area contributed by atoms with E-state index in [1.54, 1.807) is 31.5 Å². The molecule has 1 aromatic carbocycles. The quantitative estimate of drug-likeness (QED) is 0.658. The van der Waals surface area contributed by atoms with Crippen LogP contribution >= 0.6 is 0 Å². The number of hydrogen-bond donors (Lipinski definition) is 1. The molecule has 0 saturated carbocycles. The number of carbonyl (C=O) groups excluding carboxylic acids is 1. The van der Waals surface area contributed by atoms with Crippen LogP contribution in [0.1, 0.15) is 41.7 Å². The lowest BCUT2D eigenvalue weighted by atomic mass is 9.88. The number of pyridine rings is 1. The highest BCUT2D eigenvalue weighted by Crippen LogP contribution is 2.41. The summed E-state index contributed by atoms with van der Waals surface area (Å²) in [5, 5.41) is 0. The van der Waals surface area contributed by atoms with Gasteiger partial charge in [0.2, 0.25) is 0 Å². The number of benzene rings is 1. The minimum absolute atomic E-state index is 0.0466. The number of hydrogen-bond acceptors (Lipinski definition) is 3. The second-order valence-electron chi connectivity index (χ2n) is 7.54. The van der Waals surface area contributed by atoms with Crippen LogP contribution in [-0.2, 0) is 0 Å². The number of carbonyl (C=O) groups is 1. The van der Waals surface area contributed by atoms with Crippen LogP contribution in [0, 0.1) is 5.82 Å². The van der Waals surface area contributed by atoms with E-state index in [0.717, 1.165) is 59.6 Å². The van der Waals surface area contributed by atoms with E-state index in [0.29, 0.717) is 5.92 Å². The van der Waals surface area contributed by atoms with E-state index in [2.05, 4.69) is 21.9 Å². The van der Waals surface area contributed by atoms with Crippen LogP contribution in [0.4, 0.5) is 4.39 Å². The standard InChI is InChI=1S/C23H24FN3O/c1-15(28)20-21(16-7-11-25-12-8-16)23(17-3-5-19(24)6-4-17)26-22(20)18-9-13-27(2)14-10-18/h3-8,11-12,18,26H,9-10,13-14H2,1-2H3. The molecule has 0 aliphatic carbocycles. The molecule has 144 valence electrons. The van der Waals surface area contributed by atoms with Crippen LogP contribution in [0.25, 0.3) is 22.4 Å². The molecule has 4 rings (SSSR count). The van der Waals surface area contributed by atoms with Crippen molar-refractivity contribution in [2.45, 2.75) is 25.7 Å². The van der Waals surface area contributed by atoms with Gasteiger partial charge >= 0.3 is 0 Å². The zero-order valence-corrected chi connectivity index (χ0v) is 16.2. The summed E-state index contributed by atoms with van der Waals surface area (Å²) in [5.74, 6) is 0.0818. The van der Waals surface area contributed by atoms with Crippen molar-refractivity contribution in [3.05, 3.63) is 65.9 Å². The summed E-state index contributed by atoms with van der Waals surface area (Å²) in [4.78, 5) is 22.8. The molecule has 1 N–H and O–H groups in total. The minimum atomic E-state index is -0.275. The molecule has 3 aromatic rings. The molecule has 4 nitrogen and oxygen atoms in total. The van der Waals surface area contributed by atoms with Crippen LogP contribution in [0.3, 0.4) is 0 Å². The van der Waals surface area contributed by atoms with Crippen molar-refractivity contribution in [3.63, 3.8) is 0 Å². The Kier molecular flexibility index (Phi) is 5.09. The van der Waals surface area contributed by atoms with Gasteiger partial charge in [-0.1, -0.05) is 0 Å². The number of likely N-dealkylation sites (tertiary alicyclic amines) is 1. The van der Waals surface area contributed by atoms with Gasteiger partial charge in [-0.2, -0.15) is 0 Å². The van der Waals surface area contributed by atoms with E-state index in [9.17, 15) is 9.18 Å². The highest BCUT2D eigenvalue weighted by atomic mass is 19.1. The van der Waals surface area contributed by atoms with Crippen LogP contribution in [-0.4, -0.2) is 40.8 Å². The van der Waals surface area contributed by atoms with Gasteiger partial charge < -0.3 is 9.88 Å². The first-order chi connectivity index (χ1) is 13.5. The maximum atomic E-state index is 13.5. The van der Waals surface area contributed by atoms with E-state index in [1.807, 2.05) is 12.1 Å². The zero-order chi connectivity index (χ0) is 19.7. The molecule has 5 heteroatoms. The third-order valence-corrected chi connectivity index (χ3v) is 5.61. The lowest BCUT2D eigenvalue weighted by Crippen LogP contribution is -2.29. The van der Waals surface area contributed by atoms with Crippen molar-refractivity contribution in [2.24, 2.45) is 0 Å². The molecule has 3 heterocycles. The number of aromatic amines is 1. The van der Waals surface area contributed by atoms with Gasteiger partial charge in [0, 0.05) is 35.1 Å². The van der Waals surface area contributed by atoms with Crippen molar-refractivity contribution in [1.29, 1.82) is 0 Å². The lowest BCUT2D eigenvalue weighted by molar-refractivity contribution is 0.101. The van der Waals surface area contributed by atoms with E-state index in [1.165, 1.54) is 12.1 Å². The van der Waals surface area contributed by atoms with E-state index in [4.69, 9.17) is 0 Å². The number of nitrogens with zero attached hydrogens (tertiary/aromatic N) is 2. The van der Waals surface area contributed by atoms with Crippen molar-refractivity contribution in [2.75, 3.05) is 20.1 Å². The van der Waals surface area contributed by atoms with Gasteiger partial charge in [-0.15, -0.1) is 0 Å². The summed E-state index contributed by atoms with van der Waals surface area (Å²) >= 11 is 0. The number of rotatable bonds is 4. The fraction of sp³-hybridized carbons (Fsp3) is 0.304. The number of halogens is 1. The minimum Gasteiger partial charge on any atom is -0.357 e. The molecule has 0 spiro atoms. The number of piperidine rings is 1. The van der Waals surface area contributed by atoms with E-state index >= 15 is 0 Å². The lowest BCUT2D eigenvalue weighted by Gasteiger charge is -2.29. The molecule has 1 aliphatic heterocycles. The molecule has 0 atom stereocenters. The molecule has 1 aliphatic rings. The third-order valence-electron chi connectivity index (χ3n) is 5.61. The number of aromatic nitrogens is 2. The topological polar surface area (TPSA) is 49.0 Å². The highest BCUT2D eigenvalue weighted by Gasteiger charge is 2.29. The molecule has 28 heavy (non-hydrogen) atoms. The van der Waals surface area contributed by atoms with Crippen molar-refractivity contribution >= 4 is 5.78 Å². The Morgan fingerprint density at radius 2 is 1.71 bits per heavy atom. The maximum Gasteiger partial charge on any atom is 0.162 e. The predicted octanol–water partition coefficient (Wildman–Crippen LogP) is 4.89. The van der Waals surface area contributed by atoms with Crippen molar-refractivity contribution < 1.29 is 9.18 Å². The Morgan fingerprint density at radius 3 is 2.32 bits per heavy atom. The SMILES string of the molecule is CC(=O)c1c(C2CCN(C)CC2)[nH]c(-c2ccc(F)cc2)c1-c1ccncc1. The van der Waals surface area contributed by atoms with Gasteiger partial charge in [-0.3, -0.25) is 9.78 Å². The molecule has 1 fully saturated rings. The summed E-state index contributed by atoms with van der Waals surface area (Å²) in [5.41, 5.74) is 5.32. The largest absolute Gasteiger partial charge is 0.357 e. The fourth-order valence-corrected chi connectivity index (χ4v) is 4.13. The Labute approximate surface area is 164 Å². The Bertz CT molecular complexity index is 971. The van der Waals surface area contributed by atoms with Crippen LogP contribution in [0.2, 0.25) is 0 Å². The molecular formula is C23H24FN3O. The number of H-pyrrole nitrogens is 1. The van der Waals surface area contributed by atoms with Gasteiger partial charge in [0.05, 0.1) is 5.69 Å². The molecule has 0 unspecified atom stereocenters. The van der Waals surface area contributed by atoms with Crippen LogP contribution < -0.4 is 0 Å². The van der Waals surface area contributed by atoms with Gasteiger partial charge in [-0.25, -0.2) is 4.39 Å². The molecule has 0 radical (unpaired) electrons.